The fourth-order valence-corrected chi connectivity index (χ4v) is 2.70. The minimum atomic E-state index is 0.0412. The lowest BCUT2D eigenvalue weighted by molar-refractivity contribution is 0.170. The summed E-state index contributed by atoms with van der Waals surface area (Å²) in [6.07, 6.45) is 11.5. The van der Waals surface area contributed by atoms with Crippen LogP contribution >= 0.6 is 0 Å². The van der Waals surface area contributed by atoms with E-state index in [1.807, 2.05) is 29.6 Å². The summed E-state index contributed by atoms with van der Waals surface area (Å²) < 4.78 is 1.98. The number of nitrogens with zero attached hydrogens (tertiary/aromatic N) is 3. The average molecular weight is 264 g/mol. The monoisotopic (exact) mass is 264 g/mol. The number of hydrogen-bond acceptors (Lipinski definition) is 2. The van der Waals surface area contributed by atoms with Crippen molar-refractivity contribution in [3.63, 3.8) is 0 Å². The second-order valence-electron chi connectivity index (χ2n) is 5.51. The third kappa shape index (κ3) is 3.98. The van der Waals surface area contributed by atoms with Crippen LogP contribution in [0, 0.1) is 0 Å². The van der Waals surface area contributed by atoms with Crippen LogP contribution < -0.4 is 5.32 Å². The van der Waals surface area contributed by atoms with Gasteiger partial charge in [-0.1, -0.05) is 19.3 Å². The van der Waals surface area contributed by atoms with E-state index in [2.05, 4.69) is 10.3 Å². The first kappa shape index (κ1) is 13.9. The molecule has 0 bridgehead atoms. The van der Waals surface area contributed by atoms with Crippen LogP contribution in [0.5, 0.6) is 0 Å². The molecule has 5 nitrogen and oxygen atoms in total. The van der Waals surface area contributed by atoms with Crippen molar-refractivity contribution in [3.8, 4) is 0 Å². The van der Waals surface area contributed by atoms with Crippen LogP contribution in [-0.2, 0) is 6.54 Å². The zero-order chi connectivity index (χ0) is 13.7. The molecule has 1 aliphatic carbocycles. The van der Waals surface area contributed by atoms with Crippen LogP contribution in [0.2, 0.25) is 0 Å². The van der Waals surface area contributed by atoms with Gasteiger partial charge >= 0.3 is 6.03 Å². The van der Waals surface area contributed by atoms with Crippen LogP contribution in [-0.4, -0.2) is 39.6 Å². The van der Waals surface area contributed by atoms with E-state index < -0.39 is 0 Å². The summed E-state index contributed by atoms with van der Waals surface area (Å²) in [7, 11) is 1.91. The molecule has 1 heterocycles. The molecule has 1 N–H and O–H groups in total. The van der Waals surface area contributed by atoms with E-state index in [4.69, 9.17) is 0 Å². The summed E-state index contributed by atoms with van der Waals surface area (Å²) in [6.45, 7) is 2.77. The van der Waals surface area contributed by atoms with Gasteiger partial charge in [0.15, 0.2) is 0 Å². The summed E-state index contributed by atoms with van der Waals surface area (Å²) in [5, 5.41) is 3.05. The molecule has 1 atom stereocenters. The molecule has 0 unspecified atom stereocenters. The lowest BCUT2D eigenvalue weighted by Crippen LogP contribution is -2.48. The number of hydrogen-bond donors (Lipinski definition) is 1. The van der Waals surface area contributed by atoms with Gasteiger partial charge in [0.1, 0.15) is 0 Å². The fourth-order valence-electron chi connectivity index (χ4n) is 2.70. The highest BCUT2D eigenvalue weighted by Crippen LogP contribution is 2.21. The Morgan fingerprint density at radius 3 is 2.84 bits per heavy atom. The van der Waals surface area contributed by atoms with E-state index in [-0.39, 0.29) is 12.1 Å². The molecule has 1 aromatic rings. The number of amides is 2. The van der Waals surface area contributed by atoms with Crippen LogP contribution in [0.15, 0.2) is 18.7 Å². The molecule has 0 saturated heterocycles. The third-order valence-electron chi connectivity index (χ3n) is 3.86. The molecule has 0 aliphatic heterocycles. The molecule has 1 saturated carbocycles. The third-order valence-corrected chi connectivity index (χ3v) is 3.86. The zero-order valence-corrected chi connectivity index (χ0v) is 11.9. The highest BCUT2D eigenvalue weighted by Gasteiger charge is 2.22. The second-order valence-corrected chi connectivity index (χ2v) is 5.51. The molecular formula is C14H24N4O. The Morgan fingerprint density at radius 1 is 1.47 bits per heavy atom. The number of rotatable bonds is 4. The fraction of sp³-hybridized carbons (Fsp3) is 0.714. The summed E-state index contributed by atoms with van der Waals surface area (Å²) in [4.78, 5) is 18.1. The molecule has 2 rings (SSSR count). The van der Waals surface area contributed by atoms with Gasteiger partial charge in [0.05, 0.1) is 6.33 Å². The largest absolute Gasteiger partial charge is 0.335 e. The Balaban J connectivity index is 1.79. The minimum Gasteiger partial charge on any atom is -0.335 e. The molecule has 19 heavy (non-hydrogen) atoms. The molecule has 0 aromatic carbocycles. The number of carbonyl (C=O) groups excluding carboxylic acids is 1. The van der Waals surface area contributed by atoms with Gasteiger partial charge in [-0.15, -0.1) is 0 Å². The van der Waals surface area contributed by atoms with E-state index in [1.54, 1.807) is 12.5 Å². The predicted molar refractivity (Wildman–Crippen MR) is 74.9 cm³/mol. The standard InChI is InChI=1S/C14H24N4O/c1-12(10-18-9-8-15-11-18)16-14(19)17(2)13-6-4-3-5-7-13/h8-9,11-13H,3-7,10H2,1-2H3,(H,16,19)/t12-/m1/s1. The molecule has 1 fully saturated rings. The summed E-state index contributed by atoms with van der Waals surface area (Å²) >= 11 is 0. The first-order valence-electron chi connectivity index (χ1n) is 7.16. The lowest BCUT2D eigenvalue weighted by Gasteiger charge is -2.32. The summed E-state index contributed by atoms with van der Waals surface area (Å²) in [5.74, 6) is 0. The Bertz CT molecular complexity index is 384. The van der Waals surface area contributed by atoms with Crippen LogP contribution in [0.1, 0.15) is 39.0 Å². The van der Waals surface area contributed by atoms with E-state index >= 15 is 0 Å². The molecule has 1 aromatic heterocycles. The molecule has 0 radical (unpaired) electrons. The molecule has 2 amide bonds. The normalized spacial score (nSPS) is 18.0. The van der Waals surface area contributed by atoms with Crippen LogP contribution in [0.4, 0.5) is 4.79 Å². The van der Waals surface area contributed by atoms with E-state index in [9.17, 15) is 4.79 Å². The summed E-state index contributed by atoms with van der Waals surface area (Å²) in [5.41, 5.74) is 0. The van der Waals surface area contributed by atoms with Crippen molar-refractivity contribution in [2.45, 2.75) is 57.7 Å². The Labute approximate surface area is 115 Å². The number of carbonyl (C=O) groups is 1. The van der Waals surface area contributed by atoms with Gasteiger partial charge in [0.25, 0.3) is 0 Å². The Kier molecular flexibility index (Phi) is 4.82. The first-order chi connectivity index (χ1) is 9.16. The number of imidazole rings is 1. The van der Waals surface area contributed by atoms with Gasteiger partial charge in [0, 0.05) is 38.1 Å². The zero-order valence-electron chi connectivity index (χ0n) is 11.9. The van der Waals surface area contributed by atoms with Gasteiger partial charge in [-0.05, 0) is 19.8 Å². The van der Waals surface area contributed by atoms with Crippen molar-refractivity contribution in [2.75, 3.05) is 7.05 Å². The first-order valence-corrected chi connectivity index (χ1v) is 7.16. The molecular weight excluding hydrogens is 240 g/mol. The molecule has 5 heteroatoms. The van der Waals surface area contributed by atoms with Crippen molar-refractivity contribution in [3.05, 3.63) is 18.7 Å². The maximum atomic E-state index is 12.2. The van der Waals surface area contributed by atoms with E-state index in [1.165, 1.54) is 19.3 Å². The van der Waals surface area contributed by atoms with Crippen molar-refractivity contribution in [2.24, 2.45) is 0 Å². The lowest BCUT2D eigenvalue weighted by atomic mass is 9.95. The van der Waals surface area contributed by atoms with Crippen LogP contribution in [0.25, 0.3) is 0 Å². The molecule has 1 aliphatic rings. The maximum Gasteiger partial charge on any atom is 0.317 e. The minimum absolute atomic E-state index is 0.0412. The smallest absolute Gasteiger partial charge is 0.317 e. The van der Waals surface area contributed by atoms with Gasteiger partial charge in [-0.25, -0.2) is 9.78 Å². The van der Waals surface area contributed by atoms with E-state index in [0.717, 1.165) is 19.4 Å². The number of aromatic nitrogens is 2. The highest BCUT2D eigenvalue weighted by atomic mass is 16.2. The van der Waals surface area contributed by atoms with Crippen molar-refractivity contribution in [1.82, 2.24) is 19.8 Å². The Morgan fingerprint density at radius 2 is 2.21 bits per heavy atom. The van der Waals surface area contributed by atoms with Crippen molar-refractivity contribution < 1.29 is 4.79 Å². The number of nitrogens with one attached hydrogen (secondary N) is 1. The van der Waals surface area contributed by atoms with Crippen LogP contribution in [0.3, 0.4) is 0 Å². The summed E-state index contributed by atoms with van der Waals surface area (Å²) in [6, 6.07) is 0.557. The van der Waals surface area contributed by atoms with Crippen molar-refractivity contribution in [1.29, 1.82) is 0 Å². The average Bonchev–Trinajstić information content (AvgIpc) is 2.91. The second kappa shape index (κ2) is 6.59. The highest BCUT2D eigenvalue weighted by molar-refractivity contribution is 5.74. The predicted octanol–water partition coefficient (Wildman–Crippen LogP) is 2.25. The van der Waals surface area contributed by atoms with Gasteiger partial charge in [-0.3, -0.25) is 0 Å². The van der Waals surface area contributed by atoms with E-state index in [0.29, 0.717) is 6.04 Å². The van der Waals surface area contributed by atoms with Gasteiger partial charge in [0.2, 0.25) is 0 Å². The van der Waals surface area contributed by atoms with Gasteiger partial charge in [-0.2, -0.15) is 0 Å². The maximum absolute atomic E-state index is 12.2. The van der Waals surface area contributed by atoms with Gasteiger partial charge < -0.3 is 14.8 Å². The topological polar surface area (TPSA) is 50.2 Å². The quantitative estimate of drug-likeness (QED) is 0.906. The number of urea groups is 1. The SMILES string of the molecule is C[C@H](Cn1ccnc1)NC(=O)N(C)C1CCCCC1. The molecule has 106 valence electrons. The van der Waals surface area contributed by atoms with Crippen molar-refractivity contribution >= 4 is 6.03 Å². The Hall–Kier alpha value is -1.52. The molecule has 0 spiro atoms.